The summed E-state index contributed by atoms with van der Waals surface area (Å²) >= 11 is 0. The van der Waals surface area contributed by atoms with Crippen LogP contribution in [0.4, 0.5) is 5.69 Å². The van der Waals surface area contributed by atoms with Gasteiger partial charge in [0.25, 0.3) is 0 Å². The first-order valence-electron chi connectivity index (χ1n) is 10.8. The number of nitrogens with two attached hydrogens (primary N) is 1. The van der Waals surface area contributed by atoms with Crippen LogP contribution in [0, 0.1) is 0 Å². The lowest BCUT2D eigenvalue weighted by molar-refractivity contribution is 0.0322. The highest BCUT2D eigenvalue weighted by atomic mass is 127. The molecule has 2 aromatic rings. The molecule has 0 aliphatic carbocycles. The number of morpholine rings is 1. The lowest BCUT2D eigenvalue weighted by Crippen LogP contribution is -2.38. The molecule has 0 amide bonds. The van der Waals surface area contributed by atoms with Gasteiger partial charge < -0.3 is 20.5 Å². The standard InChI is InChI=1S/C24H34N4O2.HI/c1-3-19(2)21-7-9-22(10-8-21)27-24(25)26-18-20-5-4-6-23(17-20)30-16-13-28-11-14-29-15-12-28;/h4-10,17,19H,3,11-16,18H2,1-2H3,(H3,25,26,27);1H. The van der Waals surface area contributed by atoms with Crippen LogP contribution in [0.15, 0.2) is 53.5 Å². The summed E-state index contributed by atoms with van der Waals surface area (Å²) in [5.74, 6) is 1.83. The fourth-order valence-electron chi connectivity index (χ4n) is 3.35. The lowest BCUT2D eigenvalue weighted by atomic mass is 9.99. The van der Waals surface area contributed by atoms with E-state index in [-0.39, 0.29) is 24.0 Å². The van der Waals surface area contributed by atoms with E-state index in [9.17, 15) is 0 Å². The summed E-state index contributed by atoms with van der Waals surface area (Å²) in [5, 5.41) is 3.16. The number of hydrogen-bond acceptors (Lipinski definition) is 4. The summed E-state index contributed by atoms with van der Waals surface area (Å²) < 4.78 is 11.3. The number of benzene rings is 2. The predicted molar refractivity (Wildman–Crippen MR) is 139 cm³/mol. The summed E-state index contributed by atoms with van der Waals surface area (Å²) in [7, 11) is 0. The Hall–Kier alpha value is -1.84. The Bertz CT molecular complexity index is 807. The van der Waals surface area contributed by atoms with Gasteiger partial charge in [-0.25, -0.2) is 4.99 Å². The maximum atomic E-state index is 6.07. The second-order valence-corrected chi connectivity index (χ2v) is 7.71. The average Bonchev–Trinajstić information content (AvgIpc) is 2.79. The second kappa shape index (κ2) is 13.5. The van der Waals surface area contributed by atoms with Gasteiger partial charge in [0, 0.05) is 25.3 Å². The van der Waals surface area contributed by atoms with E-state index in [4.69, 9.17) is 15.2 Å². The topological polar surface area (TPSA) is 72.1 Å². The van der Waals surface area contributed by atoms with Gasteiger partial charge >= 0.3 is 0 Å². The van der Waals surface area contributed by atoms with Gasteiger partial charge in [-0.05, 0) is 47.7 Å². The van der Waals surface area contributed by atoms with E-state index in [0.29, 0.717) is 25.0 Å². The molecular formula is C24H35IN4O2. The van der Waals surface area contributed by atoms with Crippen LogP contribution in [-0.2, 0) is 11.3 Å². The summed E-state index contributed by atoms with van der Waals surface area (Å²) in [5.41, 5.74) is 9.42. The molecule has 3 rings (SSSR count). The van der Waals surface area contributed by atoms with Crippen LogP contribution in [0.2, 0.25) is 0 Å². The molecule has 1 saturated heterocycles. The highest BCUT2D eigenvalue weighted by Crippen LogP contribution is 2.20. The van der Waals surface area contributed by atoms with Gasteiger partial charge in [-0.15, -0.1) is 24.0 Å². The Labute approximate surface area is 203 Å². The monoisotopic (exact) mass is 538 g/mol. The summed E-state index contributed by atoms with van der Waals surface area (Å²) in [6, 6.07) is 16.4. The van der Waals surface area contributed by atoms with Crippen LogP contribution in [0.25, 0.3) is 0 Å². The first-order chi connectivity index (χ1) is 14.6. The zero-order valence-corrected chi connectivity index (χ0v) is 20.9. The van der Waals surface area contributed by atoms with Crippen molar-refractivity contribution in [2.75, 3.05) is 44.8 Å². The summed E-state index contributed by atoms with van der Waals surface area (Å²) in [4.78, 5) is 6.82. The van der Waals surface area contributed by atoms with Gasteiger partial charge in [-0.3, -0.25) is 4.90 Å². The molecule has 0 radical (unpaired) electrons. The van der Waals surface area contributed by atoms with Gasteiger partial charge in [0.15, 0.2) is 5.96 Å². The number of nitrogens with zero attached hydrogens (tertiary/aromatic N) is 2. The molecule has 0 spiro atoms. The van der Waals surface area contributed by atoms with E-state index in [1.54, 1.807) is 0 Å². The molecule has 1 fully saturated rings. The van der Waals surface area contributed by atoms with Crippen molar-refractivity contribution in [1.82, 2.24) is 4.90 Å². The zero-order chi connectivity index (χ0) is 21.2. The Kier molecular flexibility index (Phi) is 11.1. The second-order valence-electron chi connectivity index (χ2n) is 7.71. The van der Waals surface area contributed by atoms with Crippen LogP contribution in [0.1, 0.15) is 37.3 Å². The van der Waals surface area contributed by atoms with E-state index in [1.807, 2.05) is 36.4 Å². The van der Waals surface area contributed by atoms with E-state index >= 15 is 0 Å². The van der Waals surface area contributed by atoms with Crippen LogP contribution < -0.4 is 15.8 Å². The third-order valence-electron chi connectivity index (χ3n) is 5.47. The number of ether oxygens (including phenoxy) is 2. The van der Waals surface area contributed by atoms with Crippen molar-refractivity contribution in [3.63, 3.8) is 0 Å². The predicted octanol–water partition coefficient (Wildman–Crippen LogP) is 4.46. The number of anilines is 1. The normalized spacial score (nSPS) is 15.7. The van der Waals surface area contributed by atoms with Crippen molar-refractivity contribution in [2.24, 2.45) is 10.7 Å². The fraction of sp³-hybridized carbons (Fsp3) is 0.458. The number of hydrogen-bond donors (Lipinski definition) is 2. The van der Waals surface area contributed by atoms with Crippen molar-refractivity contribution in [1.29, 1.82) is 0 Å². The van der Waals surface area contributed by atoms with E-state index < -0.39 is 0 Å². The number of guanidine groups is 1. The molecule has 7 heteroatoms. The fourth-order valence-corrected chi connectivity index (χ4v) is 3.35. The molecule has 1 unspecified atom stereocenters. The maximum absolute atomic E-state index is 6.07. The van der Waals surface area contributed by atoms with Crippen molar-refractivity contribution in [3.8, 4) is 5.75 Å². The number of halogens is 1. The SMILES string of the molecule is CCC(C)c1ccc(NC(N)=NCc2cccc(OCCN3CCOCC3)c2)cc1.I. The van der Waals surface area contributed by atoms with Crippen molar-refractivity contribution in [2.45, 2.75) is 32.7 Å². The lowest BCUT2D eigenvalue weighted by Gasteiger charge is -2.26. The average molecular weight is 538 g/mol. The molecule has 0 bridgehead atoms. The number of aliphatic imine (C=N–C) groups is 1. The molecule has 3 N–H and O–H groups in total. The van der Waals surface area contributed by atoms with Gasteiger partial charge in [0.05, 0.1) is 19.8 Å². The Morgan fingerprint density at radius 1 is 1.19 bits per heavy atom. The van der Waals surface area contributed by atoms with Crippen molar-refractivity contribution in [3.05, 3.63) is 59.7 Å². The minimum absolute atomic E-state index is 0. The van der Waals surface area contributed by atoms with Crippen LogP contribution in [0.3, 0.4) is 0 Å². The minimum atomic E-state index is 0. The van der Waals surface area contributed by atoms with E-state index in [1.165, 1.54) is 5.56 Å². The Balaban J connectivity index is 0.00000341. The van der Waals surface area contributed by atoms with Gasteiger partial charge in [0.2, 0.25) is 0 Å². The van der Waals surface area contributed by atoms with Gasteiger partial charge in [-0.1, -0.05) is 38.1 Å². The first kappa shape index (κ1) is 25.4. The largest absolute Gasteiger partial charge is 0.492 e. The van der Waals surface area contributed by atoms with E-state index in [2.05, 4.69) is 41.2 Å². The quantitative estimate of drug-likeness (QED) is 0.281. The molecule has 6 nitrogen and oxygen atoms in total. The number of rotatable bonds is 9. The van der Waals surface area contributed by atoms with Crippen molar-refractivity contribution >= 4 is 35.6 Å². The van der Waals surface area contributed by atoms with Crippen LogP contribution in [-0.4, -0.2) is 50.3 Å². The van der Waals surface area contributed by atoms with Crippen LogP contribution in [0.5, 0.6) is 5.75 Å². The maximum Gasteiger partial charge on any atom is 0.193 e. The van der Waals surface area contributed by atoms with Gasteiger partial charge in [-0.2, -0.15) is 0 Å². The third-order valence-corrected chi connectivity index (χ3v) is 5.47. The van der Waals surface area contributed by atoms with Crippen molar-refractivity contribution < 1.29 is 9.47 Å². The third kappa shape index (κ3) is 8.66. The molecule has 1 aliphatic rings. The molecule has 1 aliphatic heterocycles. The zero-order valence-electron chi connectivity index (χ0n) is 18.5. The highest BCUT2D eigenvalue weighted by molar-refractivity contribution is 14.0. The van der Waals surface area contributed by atoms with E-state index in [0.717, 1.165) is 56.3 Å². The highest BCUT2D eigenvalue weighted by Gasteiger charge is 2.09. The first-order valence-corrected chi connectivity index (χ1v) is 10.8. The minimum Gasteiger partial charge on any atom is -0.492 e. The molecule has 0 saturated carbocycles. The molecule has 0 aromatic heterocycles. The molecule has 31 heavy (non-hydrogen) atoms. The number of nitrogens with one attached hydrogen (secondary N) is 1. The Morgan fingerprint density at radius 2 is 1.94 bits per heavy atom. The molecule has 1 atom stereocenters. The van der Waals surface area contributed by atoms with Crippen LogP contribution >= 0.6 is 24.0 Å². The van der Waals surface area contributed by atoms with Gasteiger partial charge in [0.1, 0.15) is 12.4 Å². The summed E-state index contributed by atoms with van der Waals surface area (Å²) in [6.07, 6.45) is 1.13. The Morgan fingerprint density at radius 3 is 2.65 bits per heavy atom. The molecule has 1 heterocycles. The molecule has 170 valence electrons. The molecule has 2 aromatic carbocycles. The molecular weight excluding hydrogens is 503 g/mol. The summed E-state index contributed by atoms with van der Waals surface area (Å²) in [6.45, 7) is 10.1. The smallest absolute Gasteiger partial charge is 0.193 e.